The van der Waals surface area contributed by atoms with Crippen molar-refractivity contribution in [2.75, 3.05) is 12.4 Å². The van der Waals surface area contributed by atoms with E-state index in [0.717, 1.165) is 22.5 Å². The second-order valence-corrected chi connectivity index (χ2v) is 6.04. The number of thiophene rings is 1. The molecule has 2 rings (SSSR count). The average molecular weight is 316 g/mol. The van der Waals surface area contributed by atoms with Crippen LogP contribution in [0.1, 0.15) is 35.0 Å². The summed E-state index contributed by atoms with van der Waals surface area (Å²) < 4.78 is 0. The molecule has 0 unspecified atom stereocenters. The van der Waals surface area contributed by atoms with E-state index in [4.69, 9.17) is 0 Å². The van der Waals surface area contributed by atoms with E-state index in [1.807, 2.05) is 48.7 Å². The average Bonchev–Trinajstić information content (AvgIpc) is 3.03. The molecule has 1 heterocycles. The maximum Gasteiger partial charge on any atom is 0.263 e. The summed E-state index contributed by atoms with van der Waals surface area (Å²) in [6.45, 7) is 2.43. The molecule has 1 aromatic heterocycles. The number of amides is 2. The minimum absolute atomic E-state index is 0.00202. The molecule has 22 heavy (non-hydrogen) atoms. The number of benzene rings is 1. The first-order valence-corrected chi connectivity index (χ1v) is 8.16. The Bertz CT molecular complexity index is 638. The van der Waals surface area contributed by atoms with Crippen molar-refractivity contribution in [1.29, 1.82) is 0 Å². The molecule has 0 spiro atoms. The first kappa shape index (κ1) is 16.2. The zero-order chi connectivity index (χ0) is 15.9. The van der Waals surface area contributed by atoms with Gasteiger partial charge in [0, 0.05) is 25.7 Å². The van der Waals surface area contributed by atoms with Crippen LogP contribution in [-0.4, -0.2) is 23.8 Å². The van der Waals surface area contributed by atoms with Gasteiger partial charge in [0.15, 0.2) is 0 Å². The molecule has 0 fully saturated rings. The van der Waals surface area contributed by atoms with Crippen molar-refractivity contribution in [1.82, 2.24) is 4.90 Å². The van der Waals surface area contributed by atoms with Crippen molar-refractivity contribution in [3.05, 3.63) is 52.2 Å². The van der Waals surface area contributed by atoms with Crippen molar-refractivity contribution in [3.63, 3.8) is 0 Å². The van der Waals surface area contributed by atoms with Gasteiger partial charge in [-0.3, -0.25) is 9.59 Å². The second-order valence-electron chi connectivity index (χ2n) is 5.09. The minimum Gasteiger partial charge on any atom is -0.337 e. The molecule has 0 bridgehead atoms. The Morgan fingerprint density at radius 3 is 2.64 bits per heavy atom. The third-order valence-corrected chi connectivity index (χ3v) is 4.11. The van der Waals surface area contributed by atoms with E-state index in [2.05, 4.69) is 5.32 Å². The van der Waals surface area contributed by atoms with E-state index in [0.29, 0.717) is 13.0 Å². The molecule has 2 aromatic rings. The fourth-order valence-corrected chi connectivity index (χ4v) is 2.85. The van der Waals surface area contributed by atoms with E-state index in [-0.39, 0.29) is 11.8 Å². The van der Waals surface area contributed by atoms with Crippen LogP contribution in [0.2, 0.25) is 0 Å². The predicted octanol–water partition coefficient (Wildman–Crippen LogP) is 3.76. The Labute approximate surface area is 134 Å². The highest BCUT2D eigenvalue weighted by Crippen LogP contribution is 2.19. The molecule has 0 radical (unpaired) electrons. The Morgan fingerprint density at radius 1 is 1.18 bits per heavy atom. The molecule has 1 aromatic carbocycles. The smallest absolute Gasteiger partial charge is 0.263 e. The molecule has 2 amide bonds. The molecule has 1 N–H and O–H groups in total. The largest absolute Gasteiger partial charge is 0.337 e. The molecule has 5 heteroatoms. The Morgan fingerprint density at radius 2 is 1.95 bits per heavy atom. The van der Waals surface area contributed by atoms with E-state index in [1.165, 1.54) is 11.3 Å². The molecule has 0 saturated carbocycles. The highest BCUT2D eigenvalue weighted by Gasteiger charge is 2.15. The zero-order valence-electron chi connectivity index (χ0n) is 12.8. The van der Waals surface area contributed by atoms with Crippen LogP contribution >= 0.6 is 11.3 Å². The molecular formula is C17H20N2O2S. The number of carbonyl (C=O) groups excluding carboxylic acids is 2. The first-order valence-electron chi connectivity index (χ1n) is 7.28. The fraction of sp³-hybridized carbons (Fsp3) is 0.294. The maximum atomic E-state index is 12.3. The summed E-state index contributed by atoms with van der Waals surface area (Å²) in [5.74, 6) is -0.00752. The van der Waals surface area contributed by atoms with Crippen LogP contribution in [0.3, 0.4) is 0 Å². The molecular weight excluding hydrogens is 296 g/mol. The number of rotatable bonds is 6. The summed E-state index contributed by atoms with van der Waals surface area (Å²) in [7, 11) is 1.77. The van der Waals surface area contributed by atoms with Crippen LogP contribution < -0.4 is 5.32 Å². The van der Waals surface area contributed by atoms with Crippen LogP contribution in [0.5, 0.6) is 0 Å². The van der Waals surface area contributed by atoms with Gasteiger partial charge in [-0.15, -0.1) is 11.3 Å². The summed E-state index contributed by atoms with van der Waals surface area (Å²) in [4.78, 5) is 26.5. The van der Waals surface area contributed by atoms with E-state index in [1.54, 1.807) is 11.9 Å². The number of para-hydroxylation sites is 1. The summed E-state index contributed by atoms with van der Waals surface area (Å²) in [5, 5.41) is 4.81. The number of hydrogen-bond donors (Lipinski definition) is 1. The third-order valence-electron chi connectivity index (χ3n) is 3.25. The minimum atomic E-state index is -0.00955. The van der Waals surface area contributed by atoms with Gasteiger partial charge < -0.3 is 10.2 Å². The van der Waals surface area contributed by atoms with Gasteiger partial charge >= 0.3 is 0 Å². The van der Waals surface area contributed by atoms with Gasteiger partial charge in [-0.05, 0) is 29.5 Å². The summed E-state index contributed by atoms with van der Waals surface area (Å²) in [5.41, 5.74) is 1.70. The Hall–Kier alpha value is -2.14. The zero-order valence-corrected chi connectivity index (χ0v) is 13.7. The van der Waals surface area contributed by atoms with Gasteiger partial charge in [-0.2, -0.15) is 0 Å². The molecule has 0 aliphatic heterocycles. The van der Waals surface area contributed by atoms with Crippen LogP contribution in [0.4, 0.5) is 5.69 Å². The van der Waals surface area contributed by atoms with E-state index in [9.17, 15) is 9.59 Å². The topological polar surface area (TPSA) is 49.4 Å². The van der Waals surface area contributed by atoms with Crippen molar-refractivity contribution in [2.45, 2.75) is 26.3 Å². The monoisotopic (exact) mass is 316 g/mol. The van der Waals surface area contributed by atoms with Gasteiger partial charge in [0.1, 0.15) is 0 Å². The van der Waals surface area contributed by atoms with Gasteiger partial charge in [0.25, 0.3) is 5.91 Å². The molecule has 4 nitrogen and oxygen atoms in total. The highest BCUT2D eigenvalue weighted by molar-refractivity contribution is 7.12. The summed E-state index contributed by atoms with van der Waals surface area (Å²) >= 11 is 1.43. The summed E-state index contributed by atoms with van der Waals surface area (Å²) in [6.07, 6.45) is 1.31. The molecule has 0 atom stereocenters. The maximum absolute atomic E-state index is 12.3. The van der Waals surface area contributed by atoms with Crippen molar-refractivity contribution in [3.8, 4) is 0 Å². The van der Waals surface area contributed by atoms with Crippen LogP contribution in [0.15, 0.2) is 41.8 Å². The molecule has 0 aliphatic rings. The lowest BCUT2D eigenvalue weighted by Gasteiger charge is -2.19. The molecule has 0 saturated heterocycles. The van der Waals surface area contributed by atoms with Crippen molar-refractivity contribution >= 4 is 28.8 Å². The lowest BCUT2D eigenvalue weighted by Crippen LogP contribution is -2.26. The number of nitrogens with zero attached hydrogens (tertiary/aromatic N) is 1. The number of carbonyl (C=O) groups is 2. The number of nitrogens with one attached hydrogen (secondary N) is 1. The first-order chi connectivity index (χ1) is 10.6. The SMILES string of the molecule is CCCC(=O)Nc1ccccc1CN(C)C(=O)c1cccs1. The normalized spacial score (nSPS) is 10.3. The van der Waals surface area contributed by atoms with Crippen LogP contribution in [0, 0.1) is 0 Å². The highest BCUT2D eigenvalue weighted by atomic mass is 32.1. The van der Waals surface area contributed by atoms with Crippen molar-refractivity contribution < 1.29 is 9.59 Å². The third kappa shape index (κ3) is 4.18. The molecule has 0 aliphatic carbocycles. The number of hydrogen-bond acceptors (Lipinski definition) is 3. The second kappa shape index (κ2) is 7.75. The number of anilines is 1. The van der Waals surface area contributed by atoms with E-state index < -0.39 is 0 Å². The Balaban J connectivity index is 2.09. The summed E-state index contributed by atoms with van der Waals surface area (Å²) in [6, 6.07) is 11.3. The van der Waals surface area contributed by atoms with Crippen molar-refractivity contribution in [2.24, 2.45) is 0 Å². The lowest BCUT2D eigenvalue weighted by atomic mass is 10.1. The molecule has 116 valence electrons. The van der Waals surface area contributed by atoms with E-state index >= 15 is 0 Å². The Kier molecular flexibility index (Phi) is 5.72. The fourth-order valence-electron chi connectivity index (χ4n) is 2.14. The quantitative estimate of drug-likeness (QED) is 0.882. The van der Waals surface area contributed by atoms with Gasteiger partial charge in [0.05, 0.1) is 4.88 Å². The van der Waals surface area contributed by atoms with Crippen LogP contribution in [-0.2, 0) is 11.3 Å². The predicted molar refractivity (Wildman–Crippen MR) is 90.1 cm³/mol. The standard InChI is InChI=1S/C17H20N2O2S/c1-3-7-16(20)18-14-9-5-4-8-13(14)12-19(2)17(21)15-10-6-11-22-15/h4-6,8-11H,3,7,12H2,1-2H3,(H,18,20). The van der Waals surface area contributed by atoms with Gasteiger partial charge in [-0.1, -0.05) is 31.2 Å². The van der Waals surface area contributed by atoms with Gasteiger partial charge in [-0.25, -0.2) is 0 Å². The van der Waals surface area contributed by atoms with Crippen LogP contribution in [0.25, 0.3) is 0 Å². The van der Waals surface area contributed by atoms with Gasteiger partial charge in [0.2, 0.25) is 5.91 Å². The lowest BCUT2D eigenvalue weighted by molar-refractivity contribution is -0.116.